The fourth-order valence-corrected chi connectivity index (χ4v) is 6.61. The van der Waals surface area contributed by atoms with Crippen LogP contribution in [0.2, 0.25) is 0 Å². The Labute approximate surface area is 236 Å². The van der Waals surface area contributed by atoms with Crippen LogP contribution in [0.5, 0.6) is 0 Å². The van der Waals surface area contributed by atoms with Crippen molar-refractivity contribution < 1.29 is 4.74 Å². The second-order valence-electron chi connectivity index (χ2n) is 12.2. The third kappa shape index (κ3) is 4.93. The van der Waals surface area contributed by atoms with Crippen LogP contribution in [0.1, 0.15) is 44.2 Å². The second-order valence-corrected chi connectivity index (χ2v) is 12.2. The van der Waals surface area contributed by atoms with Crippen molar-refractivity contribution in [3.63, 3.8) is 0 Å². The smallest absolute Gasteiger partial charge is 0.137 e. The van der Waals surface area contributed by atoms with Gasteiger partial charge >= 0.3 is 0 Å². The number of piperidine rings is 1. The number of hydrogen-bond acceptors (Lipinski definition) is 6. The minimum atomic E-state index is 0.104. The number of morpholine rings is 1. The molecule has 210 valence electrons. The third-order valence-corrected chi connectivity index (χ3v) is 9.12. The van der Waals surface area contributed by atoms with Crippen molar-refractivity contribution in [3.05, 3.63) is 54.6 Å². The number of nitrogens with one attached hydrogen (secondary N) is 1. The normalized spacial score (nSPS) is 19.8. The highest BCUT2D eigenvalue weighted by atomic mass is 16.5. The van der Waals surface area contributed by atoms with Gasteiger partial charge in [-0.25, -0.2) is 4.98 Å². The van der Waals surface area contributed by atoms with Crippen LogP contribution < -0.4 is 4.90 Å². The molecule has 3 aromatic heterocycles. The number of aromatic nitrogens is 4. The van der Waals surface area contributed by atoms with E-state index >= 15 is 0 Å². The molecule has 8 heteroatoms. The van der Waals surface area contributed by atoms with E-state index in [1.54, 1.807) is 0 Å². The lowest BCUT2D eigenvalue weighted by Gasteiger charge is -2.36. The van der Waals surface area contributed by atoms with Gasteiger partial charge in [0.15, 0.2) is 0 Å². The predicted octanol–water partition coefficient (Wildman–Crippen LogP) is 5.18. The Balaban J connectivity index is 1.18. The maximum absolute atomic E-state index is 6.10. The Morgan fingerprint density at radius 2 is 1.90 bits per heavy atom. The van der Waals surface area contributed by atoms with E-state index in [4.69, 9.17) is 14.8 Å². The zero-order chi connectivity index (χ0) is 27.3. The van der Waals surface area contributed by atoms with Crippen molar-refractivity contribution in [2.75, 3.05) is 58.3 Å². The van der Waals surface area contributed by atoms with Crippen LogP contribution in [-0.4, -0.2) is 88.6 Å². The number of likely N-dealkylation sites (tertiary alicyclic amines) is 1. The quantitative estimate of drug-likeness (QED) is 0.349. The van der Waals surface area contributed by atoms with Crippen molar-refractivity contribution in [1.29, 1.82) is 0 Å². The number of aromatic amines is 1. The molecule has 1 saturated carbocycles. The van der Waals surface area contributed by atoms with E-state index < -0.39 is 0 Å². The SMILES string of the molecule is CCN1CCC(n2cc(-c3c[nH]c4ncc(-c5ccc(N6CCOC7(CC7)C6)c(CN(C)C)c5)cc34)cn2)CC1. The summed E-state index contributed by atoms with van der Waals surface area (Å²) >= 11 is 0. The van der Waals surface area contributed by atoms with Crippen LogP contribution in [0, 0.1) is 0 Å². The maximum atomic E-state index is 6.10. The van der Waals surface area contributed by atoms with Gasteiger partial charge in [0.25, 0.3) is 0 Å². The number of H-pyrrole nitrogens is 1. The number of fused-ring (bicyclic) bond motifs is 1. The molecule has 4 aromatic rings. The number of pyridine rings is 1. The first-order valence-corrected chi connectivity index (χ1v) is 14.9. The van der Waals surface area contributed by atoms with Crippen molar-refractivity contribution in [1.82, 2.24) is 29.5 Å². The summed E-state index contributed by atoms with van der Waals surface area (Å²) in [6.07, 6.45) is 13.0. The molecule has 40 heavy (non-hydrogen) atoms. The second kappa shape index (κ2) is 10.3. The molecular weight excluding hydrogens is 498 g/mol. The van der Waals surface area contributed by atoms with Crippen molar-refractivity contribution in [2.45, 2.75) is 50.8 Å². The van der Waals surface area contributed by atoms with Crippen LogP contribution in [0.4, 0.5) is 5.69 Å². The lowest BCUT2D eigenvalue weighted by Crippen LogP contribution is -2.44. The number of benzene rings is 1. The summed E-state index contributed by atoms with van der Waals surface area (Å²) in [6, 6.07) is 9.70. The molecule has 1 aromatic carbocycles. The van der Waals surface area contributed by atoms with Gasteiger partial charge in [-0.05, 0) is 75.6 Å². The van der Waals surface area contributed by atoms with E-state index in [1.807, 2.05) is 12.4 Å². The molecule has 3 aliphatic rings. The highest BCUT2D eigenvalue weighted by Crippen LogP contribution is 2.44. The zero-order valence-electron chi connectivity index (χ0n) is 24.1. The third-order valence-electron chi connectivity index (χ3n) is 9.12. The maximum Gasteiger partial charge on any atom is 0.137 e. The van der Waals surface area contributed by atoms with Crippen molar-refractivity contribution in [2.24, 2.45) is 0 Å². The van der Waals surface area contributed by atoms with Gasteiger partial charge in [0.2, 0.25) is 0 Å². The highest BCUT2D eigenvalue weighted by molar-refractivity contribution is 5.95. The first kappa shape index (κ1) is 25.7. The van der Waals surface area contributed by atoms with E-state index in [2.05, 4.69) is 82.0 Å². The van der Waals surface area contributed by atoms with Gasteiger partial charge in [-0.1, -0.05) is 13.0 Å². The number of anilines is 1. The molecule has 2 aliphatic heterocycles. The molecule has 0 radical (unpaired) electrons. The Kier molecular flexibility index (Phi) is 6.65. The summed E-state index contributed by atoms with van der Waals surface area (Å²) in [4.78, 5) is 15.5. The van der Waals surface area contributed by atoms with Crippen molar-refractivity contribution >= 4 is 16.7 Å². The number of ether oxygens (including phenoxy) is 1. The lowest BCUT2D eigenvalue weighted by molar-refractivity contribution is 0.0205. The minimum absolute atomic E-state index is 0.104. The van der Waals surface area contributed by atoms with Crippen LogP contribution in [0.15, 0.2) is 49.1 Å². The Morgan fingerprint density at radius 1 is 1.05 bits per heavy atom. The molecule has 0 bridgehead atoms. The van der Waals surface area contributed by atoms with E-state index in [0.717, 1.165) is 86.4 Å². The molecule has 0 unspecified atom stereocenters. The summed E-state index contributed by atoms with van der Waals surface area (Å²) in [6.45, 7) is 9.34. The van der Waals surface area contributed by atoms with Crippen LogP contribution in [-0.2, 0) is 11.3 Å². The summed E-state index contributed by atoms with van der Waals surface area (Å²) in [7, 11) is 4.29. The molecule has 5 heterocycles. The molecule has 1 spiro atoms. The molecule has 1 aliphatic carbocycles. The molecule has 1 N–H and O–H groups in total. The standard InChI is InChI=1S/C32H41N7O/c1-4-37-11-7-27(8-12-37)39-21-26(18-35-39)29-19-34-31-28(29)16-24(17-33-31)23-5-6-30(25(15-23)20-36(2)3)38-13-14-40-32(22-38)9-10-32/h5-6,15-19,21,27H,4,7-14,20,22H2,1-3H3,(H,33,34). The van der Waals surface area contributed by atoms with E-state index in [9.17, 15) is 0 Å². The summed E-state index contributed by atoms with van der Waals surface area (Å²) in [5.41, 5.74) is 8.35. The molecular formula is C32H41N7O. The summed E-state index contributed by atoms with van der Waals surface area (Å²) in [5, 5.41) is 5.93. The van der Waals surface area contributed by atoms with Crippen molar-refractivity contribution in [3.8, 4) is 22.3 Å². The van der Waals surface area contributed by atoms with E-state index in [1.165, 1.54) is 29.7 Å². The average molecular weight is 540 g/mol. The van der Waals surface area contributed by atoms with E-state index in [-0.39, 0.29) is 5.60 Å². The average Bonchev–Trinajstić information content (AvgIpc) is 3.35. The fraction of sp³-hybridized carbons (Fsp3) is 0.500. The number of nitrogens with zero attached hydrogens (tertiary/aromatic N) is 6. The minimum Gasteiger partial charge on any atom is -0.371 e. The predicted molar refractivity (Wildman–Crippen MR) is 161 cm³/mol. The molecule has 0 amide bonds. The number of hydrogen-bond donors (Lipinski definition) is 1. The van der Waals surface area contributed by atoms with Gasteiger partial charge in [-0.2, -0.15) is 5.10 Å². The first-order chi connectivity index (χ1) is 19.5. The topological polar surface area (TPSA) is 65.5 Å². The largest absolute Gasteiger partial charge is 0.371 e. The van der Waals surface area contributed by atoms with Gasteiger partial charge in [-0.3, -0.25) is 4.68 Å². The lowest BCUT2D eigenvalue weighted by atomic mass is 10.00. The molecule has 8 nitrogen and oxygen atoms in total. The molecule has 3 fully saturated rings. The van der Waals surface area contributed by atoms with E-state index in [0.29, 0.717) is 6.04 Å². The molecule has 7 rings (SSSR count). The summed E-state index contributed by atoms with van der Waals surface area (Å²) in [5.74, 6) is 0. The Bertz CT molecular complexity index is 1490. The molecule has 2 saturated heterocycles. The Hall–Kier alpha value is -3.20. The number of rotatable bonds is 7. The fourth-order valence-electron chi connectivity index (χ4n) is 6.61. The monoisotopic (exact) mass is 539 g/mol. The molecule has 0 atom stereocenters. The van der Waals surface area contributed by atoms with Crippen LogP contribution >= 0.6 is 0 Å². The van der Waals surface area contributed by atoms with Gasteiger partial charge in [0.05, 0.1) is 24.4 Å². The van der Waals surface area contributed by atoms with Gasteiger partial charge in [-0.15, -0.1) is 0 Å². The van der Waals surface area contributed by atoms with Crippen LogP contribution in [0.3, 0.4) is 0 Å². The zero-order valence-corrected chi connectivity index (χ0v) is 24.1. The summed E-state index contributed by atoms with van der Waals surface area (Å²) < 4.78 is 8.28. The van der Waals surface area contributed by atoms with Crippen LogP contribution in [0.25, 0.3) is 33.3 Å². The Morgan fingerprint density at radius 3 is 2.67 bits per heavy atom. The van der Waals surface area contributed by atoms with Gasteiger partial charge in [0, 0.05) is 79.1 Å². The van der Waals surface area contributed by atoms with Gasteiger partial charge < -0.3 is 24.4 Å². The van der Waals surface area contributed by atoms with Gasteiger partial charge in [0.1, 0.15) is 5.65 Å². The first-order valence-electron chi connectivity index (χ1n) is 14.9. The highest BCUT2D eigenvalue weighted by Gasteiger charge is 2.47.